The highest BCUT2D eigenvalue weighted by molar-refractivity contribution is 5.67. The number of amides is 1. The summed E-state index contributed by atoms with van der Waals surface area (Å²) >= 11 is 0. The van der Waals surface area contributed by atoms with Gasteiger partial charge < -0.3 is 19.9 Å². The number of hydrogen-bond acceptors (Lipinski definition) is 4. The van der Waals surface area contributed by atoms with Gasteiger partial charge in [-0.25, -0.2) is 4.79 Å². The van der Waals surface area contributed by atoms with Gasteiger partial charge in [-0.2, -0.15) is 0 Å². The molecule has 2 N–H and O–H groups in total. The van der Waals surface area contributed by atoms with E-state index in [2.05, 4.69) is 10.1 Å². The van der Waals surface area contributed by atoms with Crippen molar-refractivity contribution in [1.82, 2.24) is 5.32 Å². The van der Waals surface area contributed by atoms with E-state index >= 15 is 0 Å². The van der Waals surface area contributed by atoms with Crippen LogP contribution in [0.1, 0.15) is 0 Å². The van der Waals surface area contributed by atoms with E-state index in [1.807, 2.05) is 0 Å². The van der Waals surface area contributed by atoms with Crippen molar-refractivity contribution < 1.29 is 19.4 Å². The van der Waals surface area contributed by atoms with Crippen molar-refractivity contribution >= 4 is 6.09 Å². The van der Waals surface area contributed by atoms with Gasteiger partial charge >= 0.3 is 6.09 Å². The fourth-order valence-corrected chi connectivity index (χ4v) is 0.666. The Kier molecular flexibility index (Phi) is 3.13. The number of carbonyl (C=O) groups excluding carboxylic acids is 1. The Bertz CT molecular complexity index is 135. The van der Waals surface area contributed by atoms with Crippen LogP contribution < -0.4 is 5.32 Å². The van der Waals surface area contributed by atoms with E-state index in [4.69, 9.17) is 9.84 Å². The van der Waals surface area contributed by atoms with Crippen LogP contribution in [0.15, 0.2) is 0 Å². The monoisotopic (exact) mass is 161 g/mol. The van der Waals surface area contributed by atoms with Crippen molar-refractivity contribution in [3.63, 3.8) is 0 Å². The highest BCUT2D eigenvalue weighted by atomic mass is 16.6. The first kappa shape index (κ1) is 8.29. The van der Waals surface area contributed by atoms with Crippen LogP contribution in [0.3, 0.4) is 0 Å². The number of aliphatic hydroxyl groups excluding tert-OH is 1. The van der Waals surface area contributed by atoms with Gasteiger partial charge in [-0.05, 0) is 0 Å². The van der Waals surface area contributed by atoms with Crippen LogP contribution in [0.5, 0.6) is 0 Å². The van der Waals surface area contributed by atoms with Gasteiger partial charge in [-0.15, -0.1) is 0 Å². The molecule has 1 saturated heterocycles. The van der Waals surface area contributed by atoms with Gasteiger partial charge in [-0.3, -0.25) is 0 Å². The summed E-state index contributed by atoms with van der Waals surface area (Å²) in [4.78, 5) is 10.7. The lowest BCUT2D eigenvalue weighted by Gasteiger charge is -2.26. The first-order valence-electron chi connectivity index (χ1n) is 3.45. The predicted octanol–water partition coefficient (Wildman–Crippen LogP) is -0.896. The highest BCUT2D eigenvalue weighted by Gasteiger charge is 2.20. The van der Waals surface area contributed by atoms with E-state index < -0.39 is 6.09 Å². The molecule has 0 aliphatic carbocycles. The van der Waals surface area contributed by atoms with Crippen LogP contribution in [0.2, 0.25) is 0 Å². The first-order chi connectivity index (χ1) is 5.33. The maximum absolute atomic E-state index is 10.7. The van der Waals surface area contributed by atoms with E-state index in [0.29, 0.717) is 13.2 Å². The summed E-state index contributed by atoms with van der Waals surface area (Å²) in [7, 11) is 0. The van der Waals surface area contributed by atoms with Crippen LogP contribution in [-0.4, -0.2) is 43.7 Å². The molecule has 5 nitrogen and oxygen atoms in total. The second kappa shape index (κ2) is 4.15. The number of ether oxygens (including phenoxy) is 2. The molecule has 0 atom stereocenters. The molecule has 1 amide bonds. The minimum atomic E-state index is -0.493. The quantitative estimate of drug-likeness (QED) is 0.563. The lowest BCUT2D eigenvalue weighted by atomic mass is 10.3. The molecule has 0 spiro atoms. The molecular weight excluding hydrogens is 150 g/mol. The van der Waals surface area contributed by atoms with E-state index in [1.54, 1.807) is 0 Å². The number of rotatable bonds is 3. The zero-order chi connectivity index (χ0) is 8.10. The molecule has 0 bridgehead atoms. The van der Waals surface area contributed by atoms with Crippen LogP contribution >= 0.6 is 0 Å². The number of carbonyl (C=O) groups is 1. The van der Waals surface area contributed by atoms with Crippen LogP contribution in [0.4, 0.5) is 4.79 Å². The molecule has 11 heavy (non-hydrogen) atoms. The average molecular weight is 161 g/mol. The van der Waals surface area contributed by atoms with E-state index in [1.165, 1.54) is 0 Å². The molecule has 1 aliphatic heterocycles. The first-order valence-corrected chi connectivity index (χ1v) is 3.45. The van der Waals surface area contributed by atoms with Crippen LogP contribution in [-0.2, 0) is 9.47 Å². The van der Waals surface area contributed by atoms with E-state index in [0.717, 1.165) is 0 Å². The molecule has 0 aromatic heterocycles. The summed E-state index contributed by atoms with van der Waals surface area (Å²) in [6.07, 6.45) is -0.493. The molecule has 0 saturated carbocycles. The van der Waals surface area contributed by atoms with Crippen molar-refractivity contribution in [2.45, 2.75) is 6.04 Å². The lowest BCUT2D eigenvalue weighted by molar-refractivity contribution is -0.00615. The Morgan fingerprint density at radius 3 is 2.91 bits per heavy atom. The predicted molar refractivity (Wildman–Crippen MR) is 36.2 cm³/mol. The SMILES string of the molecule is O=C(NC1COC1)OCCO. The Labute approximate surface area is 64.3 Å². The topological polar surface area (TPSA) is 67.8 Å². The summed E-state index contributed by atoms with van der Waals surface area (Å²) in [6.45, 7) is 0.996. The standard InChI is InChI=1S/C6H11NO4/c8-1-2-11-6(9)7-5-3-10-4-5/h5,8H,1-4H2,(H,7,9). The molecule has 0 aromatic rings. The maximum atomic E-state index is 10.7. The fourth-order valence-electron chi connectivity index (χ4n) is 0.666. The van der Waals surface area contributed by atoms with E-state index in [9.17, 15) is 4.79 Å². The number of alkyl carbamates (subject to hydrolysis) is 1. The molecule has 0 radical (unpaired) electrons. The second-order valence-electron chi connectivity index (χ2n) is 2.24. The third-order valence-corrected chi connectivity index (χ3v) is 1.28. The van der Waals surface area contributed by atoms with Gasteiger partial charge in [0.2, 0.25) is 0 Å². The fraction of sp³-hybridized carbons (Fsp3) is 0.833. The lowest BCUT2D eigenvalue weighted by Crippen LogP contribution is -2.48. The molecule has 5 heteroatoms. The van der Waals surface area contributed by atoms with Crippen molar-refractivity contribution in [3.05, 3.63) is 0 Å². The summed E-state index contributed by atoms with van der Waals surface area (Å²) in [6, 6.07) is 0.0844. The van der Waals surface area contributed by atoms with Gasteiger partial charge in [0.25, 0.3) is 0 Å². The molecule has 1 rings (SSSR count). The Morgan fingerprint density at radius 1 is 1.73 bits per heavy atom. The Balaban J connectivity index is 2.00. The average Bonchev–Trinajstić information content (AvgIpc) is 1.93. The minimum absolute atomic E-state index is 0.0411. The minimum Gasteiger partial charge on any atom is -0.447 e. The normalized spacial score (nSPS) is 17.2. The Hall–Kier alpha value is -0.810. The summed E-state index contributed by atoms with van der Waals surface area (Å²) in [5.74, 6) is 0. The van der Waals surface area contributed by atoms with Crippen LogP contribution in [0.25, 0.3) is 0 Å². The molecule has 0 aromatic carbocycles. The molecule has 64 valence electrons. The zero-order valence-electron chi connectivity index (χ0n) is 6.08. The largest absolute Gasteiger partial charge is 0.447 e. The van der Waals surface area contributed by atoms with Crippen molar-refractivity contribution in [2.75, 3.05) is 26.4 Å². The van der Waals surface area contributed by atoms with Crippen molar-refractivity contribution in [2.24, 2.45) is 0 Å². The third kappa shape index (κ3) is 2.73. The maximum Gasteiger partial charge on any atom is 0.407 e. The summed E-state index contributed by atoms with van der Waals surface area (Å²) in [5, 5.41) is 10.8. The number of nitrogens with one attached hydrogen (secondary N) is 1. The number of aliphatic hydroxyl groups is 1. The van der Waals surface area contributed by atoms with Gasteiger partial charge in [0, 0.05) is 0 Å². The van der Waals surface area contributed by atoms with Crippen molar-refractivity contribution in [1.29, 1.82) is 0 Å². The van der Waals surface area contributed by atoms with Gasteiger partial charge in [0.1, 0.15) is 6.61 Å². The van der Waals surface area contributed by atoms with Gasteiger partial charge in [0.05, 0.1) is 25.9 Å². The number of hydrogen-bond donors (Lipinski definition) is 2. The molecule has 0 unspecified atom stereocenters. The van der Waals surface area contributed by atoms with Gasteiger partial charge in [-0.1, -0.05) is 0 Å². The van der Waals surface area contributed by atoms with Gasteiger partial charge in [0.15, 0.2) is 0 Å². The second-order valence-corrected chi connectivity index (χ2v) is 2.24. The smallest absolute Gasteiger partial charge is 0.407 e. The molecule has 1 aliphatic rings. The van der Waals surface area contributed by atoms with E-state index in [-0.39, 0.29) is 19.3 Å². The molecule has 1 heterocycles. The highest BCUT2D eigenvalue weighted by Crippen LogP contribution is 1.99. The third-order valence-electron chi connectivity index (χ3n) is 1.28. The van der Waals surface area contributed by atoms with Crippen LogP contribution in [0, 0.1) is 0 Å². The van der Waals surface area contributed by atoms with Crippen molar-refractivity contribution in [3.8, 4) is 0 Å². The molecule has 1 fully saturated rings. The molecular formula is C6H11NO4. The Morgan fingerprint density at radius 2 is 2.45 bits per heavy atom. The summed E-state index contributed by atoms with van der Waals surface area (Å²) in [5.41, 5.74) is 0. The zero-order valence-corrected chi connectivity index (χ0v) is 6.08. The summed E-state index contributed by atoms with van der Waals surface area (Å²) < 4.78 is 9.36.